The van der Waals surface area contributed by atoms with E-state index in [0.29, 0.717) is 6.04 Å². The van der Waals surface area contributed by atoms with Crippen LogP contribution in [0.3, 0.4) is 0 Å². The van der Waals surface area contributed by atoms with E-state index in [1.165, 1.54) is 25.1 Å². The minimum Gasteiger partial charge on any atom is -0.315 e. The highest BCUT2D eigenvalue weighted by molar-refractivity contribution is 5.10. The molecule has 0 amide bonds. The van der Waals surface area contributed by atoms with Crippen molar-refractivity contribution in [1.82, 2.24) is 15.2 Å². The normalized spacial score (nSPS) is 20.9. The van der Waals surface area contributed by atoms with Gasteiger partial charge in [0.15, 0.2) is 0 Å². The summed E-state index contributed by atoms with van der Waals surface area (Å²) < 4.78 is 0. The first-order chi connectivity index (χ1) is 8.29. The fourth-order valence-electron chi connectivity index (χ4n) is 2.54. The van der Waals surface area contributed by atoms with Crippen molar-refractivity contribution in [3.63, 3.8) is 0 Å². The number of rotatable bonds is 5. The first-order valence-electron chi connectivity index (χ1n) is 6.67. The summed E-state index contributed by atoms with van der Waals surface area (Å²) >= 11 is 0. The Bertz CT molecular complexity index is 351. The smallest absolute Gasteiger partial charge is 0.0547 e. The molecular formula is C14H23N3. The van der Waals surface area contributed by atoms with Gasteiger partial charge < -0.3 is 5.32 Å². The van der Waals surface area contributed by atoms with Crippen LogP contribution in [0.5, 0.6) is 0 Å². The van der Waals surface area contributed by atoms with Crippen molar-refractivity contribution in [2.75, 3.05) is 19.6 Å². The van der Waals surface area contributed by atoms with Crippen molar-refractivity contribution in [3.05, 3.63) is 29.6 Å². The second-order valence-electron chi connectivity index (χ2n) is 4.84. The minimum absolute atomic E-state index is 0.692. The van der Waals surface area contributed by atoms with Gasteiger partial charge in [-0.15, -0.1) is 0 Å². The predicted molar refractivity (Wildman–Crippen MR) is 70.9 cm³/mol. The van der Waals surface area contributed by atoms with Crippen molar-refractivity contribution < 1.29 is 0 Å². The maximum atomic E-state index is 4.59. The summed E-state index contributed by atoms with van der Waals surface area (Å²) in [7, 11) is 0. The fourth-order valence-corrected chi connectivity index (χ4v) is 2.54. The van der Waals surface area contributed by atoms with E-state index in [-0.39, 0.29) is 0 Å². The highest BCUT2D eigenvalue weighted by Crippen LogP contribution is 2.18. The topological polar surface area (TPSA) is 28.2 Å². The molecule has 0 saturated carbocycles. The van der Waals surface area contributed by atoms with Gasteiger partial charge in [0.25, 0.3) is 0 Å². The van der Waals surface area contributed by atoms with Gasteiger partial charge in [0.2, 0.25) is 0 Å². The molecule has 1 aliphatic rings. The van der Waals surface area contributed by atoms with Crippen molar-refractivity contribution in [3.8, 4) is 0 Å². The molecule has 3 heteroatoms. The molecule has 0 aliphatic carbocycles. The molecule has 1 unspecified atom stereocenters. The Morgan fingerprint density at radius 3 is 3.12 bits per heavy atom. The molecule has 1 atom stereocenters. The highest BCUT2D eigenvalue weighted by atomic mass is 15.2. The van der Waals surface area contributed by atoms with Crippen LogP contribution in [0.15, 0.2) is 18.2 Å². The standard InChI is InChI=1S/C14H23N3/c1-3-15-10-14-8-5-9-17(14)11-13-7-4-6-12(2)16-13/h4,6-7,14-15H,3,5,8-11H2,1-2H3. The Balaban J connectivity index is 1.93. The number of nitrogens with one attached hydrogen (secondary N) is 1. The lowest BCUT2D eigenvalue weighted by Crippen LogP contribution is -2.37. The molecule has 0 bridgehead atoms. The molecule has 2 rings (SSSR count). The average Bonchev–Trinajstić information content (AvgIpc) is 2.74. The molecule has 17 heavy (non-hydrogen) atoms. The zero-order valence-electron chi connectivity index (χ0n) is 10.9. The number of hydrogen-bond donors (Lipinski definition) is 1. The SMILES string of the molecule is CCNCC1CCCN1Cc1cccc(C)n1. The van der Waals surface area contributed by atoms with E-state index < -0.39 is 0 Å². The molecule has 1 aliphatic heterocycles. The summed E-state index contributed by atoms with van der Waals surface area (Å²) in [5, 5.41) is 3.46. The minimum atomic E-state index is 0.692. The summed E-state index contributed by atoms with van der Waals surface area (Å²) in [4.78, 5) is 7.15. The molecule has 3 nitrogen and oxygen atoms in total. The van der Waals surface area contributed by atoms with E-state index in [9.17, 15) is 0 Å². The van der Waals surface area contributed by atoms with Crippen molar-refractivity contribution in [2.24, 2.45) is 0 Å². The van der Waals surface area contributed by atoms with Crippen LogP contribution in [-0.4, -0.2) is 35.6 Å². The lowest BCUT2D eigenvalue weighted by molar-refractivity contribution is 0.237. The Morgan fingerprint density at radius 1 is 1.47 bits per heavy atom. The predicted octanol–water partition coefficient (Wildman–Crippen LogP) is 1.96. The van der Waals surface area contributed by atoms with Crippen molar-refractivity contribution >= 4 is 0 Å². The van der Waals surface area contributed by atoms with Gasteiger partial charge in [-0.25, -0.2) is 0 Å². The summed E-state index contributed by atoms with van der Waals surface area (Å²) in [5.74, 6) is 0. The van der Waals surface area contributed by atoms with Crippen LogP contribution in [0, 0.1) is 6.92 Å². The number of likely N-dealkylation sites (tertiary alicyclic amines) is 1. The molecule has 1 N–H and O–H groups in total. The van der Waals surface area contributed by atoms with Crippen LogP contribution in [0.2, 0.25) is 0 Å². The Hall–Kier alpha value is -0.930. The van der Waals surface area contributed by atoms with E-state index in [2.05, 4.69) is 47.2 Å². The summed E-state index contributed by atoms with van der Waals surface area (Å²) in [5.41, 5.74) is 2.32. The summed E-state index contributed by atoms with van der Waals surface area (Å²) in [6.45, 7) is 8.61. The first-order valence-corrected chi connectivity index (χ1v) is 6.67. The number of aryl methyl sites for hydroxylation is 1. The van der Waals surface area contributed by atoms with Gasteiger partial charge in [0.05, 0.1) is 5.69 Å². The van der Waals surface area contributed by atoms with Gasteiger partial charge in [-0.1, -0.05) is 13.0 Å². The number of hydrogen-bond acceptors (Lipinski definition) is 3. The van der Waals surface area contributed by atoms with Gasteiger partial charge in [-0.05, 0) is 45.0 Å². The molecule has 1 aromatic rings. The molecule has 94 valence electrons. The van der Waals surface area contributed by atoms with Crippen molar-refractivity contribution in [2.45, 2.75) is 39.3 Å². The van der Waals surface area contributed by atoms with Gasteiger partial charge in [0.1, 0.15) is 0 Å². The third kappa shape index (κ3) is 3.51. The van der Waals surface area contributed by atoms with E-state index in [0.717, 1.165) is 25.3 Å². The van der Waals surface area contributed by atoms with Gasteiger partial charge in [0, 0.05) is 24.8 Å². The molecule has 0 aromatic carbocycles. The van der Waals surface area contributed by atoms with Crippen LogP contribution >= 0.6 is 0 Å². The maximum absolute atomic E-state index is 4.59. The summed E-state index contributed by atoms with van der Waals surface area (Å²) in [6.07, 6.45) is 2.64. The Kier molecular flexibility index (Phi) is 4.51. The number of aromatic nitrogens is 1. The second kappa shape index (κ2) is 6.12. The maximum Gasteiger partial charge on any atom is 0.0547 e. The van der Waals surface area contributed by atoms with Gasteiger partial charge in [-0.3, -0.25) is 9.88 Å². The van der Waals surface area contributed by atoms with Gasteiger partial charge in [-0.2, -0.15) is 0 Å². The largest absolute Gasteiger partial charge is 0.315 e. The van der Waals surface area contributed by atoms with E-state index in [1.807, 2.05) is 0 Å². The van der Waals surface area contributed by atoms with Crippen LogP contribution in [-0.2, 0) is 6.54 Å². The van der Waals surface area contributed by atoms with Gasteiger partial charge >= 0.3 is 0 Å². The number of nitrogens with zero attached hydrogens (tertiary/aromatic N) is 2. The van der Waals surface area contributed by atoms with Crippen LogP contribution in [0.1, 0.15) is 31.2 Å². The Labute approximate surface area is 104 Å². The third-order valence-electron chi connectivity index (χ3n) is 3.44. The zero-order valence-corrected chi connectivity index (χ0v) is 10.9. The molecule has 2 heterocycles. The third-order valence-corrected chi connectivity index (χ3v) is 3.44. The lowest BCUT2D eigenvalue weighted by Gasteiger charge is -2.24. The molecule has 1 saturated heterocycles. The van der Waals surface area contributed by atoms with Crippen LogP contribution in [0.25, 0.3) is 0 Å². The van der Waals surface area contributed by atoms with E-state index in [4.69, 9.17) is 0 Å². The molecule has 1 aromatic heterocycles. The monoisotopic (exact) mass is 233 g/mol. The quantitative estimate of drug-likeness (QED) is 0.842. The van der Waals surface area contributed by atoms with Crippen LogP contribution in [0.4, 0.5) is 0 Å². The zero-order chi connectivity index (χ0) is 12.1. The van der Waals surface area contributed by atoms with Crippen LogP contribution < -0.4 is 5.32 Å². The lowest BCUT2D eigenvalue weighted by atomic mass is 10.2. The average molecular weight is 233 g/mol. The molecule has 0 spiro atoms. The molecule has 1 fully saturated rings. The fraction of sp³-hybridized carbons (Fsp3) is 0.643. The Morgan fingerprint density at radius 2 is 2.35 bits per heavy atom. The highest BCUT2D eigenvalue weighted by Gasteiger charge is 2.23. The molecule has 0 radical (unpaired) electrons. The van der Waals surface area contributed by atoms with E-state index in [1.54, 1.807) is 0 Å². The first kappa shape index (κ1) is 12.5. The van der Waals surface area contributed by atoms with Crippen molar-refractivity contribution in [1.29, 1.82) is 0 Å². The second-order valence-corrected chi connectivity index (χ2v) is 4.84. The number of likely N-dealkylation sites (N-methyl/N-ethyl adjacent to an activating group) is 1. The van der Waals surface area contributed by atoms with E-state index >= 15 is 0 Å². The number of pyridine rings is 1. The summed E-state index contributed by atoms with van der Waals surface area (Å²) in [6, 6.07) is 6.99. The molecular weight excluding hydrogens is 210 g/mol.